The van der Waals surface area contributed by atoms with E-state index in [2.05, 4.69) is 25.6 Å². The minimum atomic E-state index is -3.66. The standard InChI is InChI=1S/C14H10BrClN2O2S/c15-9-7-13-12(5-6-17-13)14(8-9)18-21(19,20)11-3-1-10(16)2-4-11/h1-8,17-18H. The third-order valence-corrected chi connectivity index (χ3v) is 5.09. The molecule has 0 amide bonds. The molecule has 3 rings (SSSR count). The molecule has 0 aliphatic heterocycles. The van der Waals surface area contributed by atoms with Gasteiger partial charge in [-0.25, -0.2) is 8.42 Å². The molecule has 7 heteroatoms. The molecule has 21 heavy (non-hydrogen) atoms. The Bertz CT molecular complexity index is 904. The lowest BCUT2D eigenvalue weighted by atomic mass is 10.2. The Morgan fingerprint density at radius 1 is 1.10 bits per heavy atom. The van der Waals surface area contributed by atoms with Gasteiger partial charge in [0, 0.05) is 26.6 Å². The number of H-pyrrole nitrogens is 1. The fourth-order valence-corrected chi connectivity index (χ4v) is 3.69. The van der Waals surface area contributed by atoms with Gasteiger partial charge in [0.05, 0.1) is 10.6 Å². The van der Waals surface area contributed by atoms with Gasteiger partial charge in [0.25, 0.3) is 10.0 Å². The number of benzene rings is 2. The summed E-state index contributed by atoms with van der Waals surface area (Å²) >= 11 is 9.15. The van der Waals surface area contributed by atoms with Crippen molar-refractivity contribution in [1.82, 2.24) is 4.98 Å². The molecule has 0 saturated heterocycles. The third kappa shape index (κ3) is 2.92. The van der Waals surface area contributed by atoms with Crippen LogP contribution in [-0.4, -0.2) is 13.4 Å². The van der Waals surface area contributed by atoms with E-state index >= 15 is 0 Å². The van der Waals surface area contributed by atoms with Crippen molar-refractivity contribution in [2.24, 2.45) is 0 Å². The van der Waals surface area contributed by atoms with E-state index in [9.17, 15) is 8.42 Å². The van der Waals surface area contributed by atoms with E-state index in [1.807, 2.05) is 12.1 Å². The predicted octanol–water partition coefficient (Wildman–Crippen LogP) is 4.38. The molecule has 0 radical (unpaired) electrons. The molecule has 108 valence electrons. The van der Waals surface area contributed by atoms with E-state index in [1.54, 1.807) is 24.4 Å². The van der Waals surface area contributed by atoms with Gasteiger partial charge in [-0.3, -0.25) is 4.72 Å². The molecule has 4 nitrogen and oxygen atoms in total. The Morgan fingerprint density at radius 3 is 2.52 bits per heavy atom. The molecule has 0 atom stereocenters. The van der Waals surface area contributed by atoms with Gasteiger partial charge < -0.3 is 4.98 Å². The number of sulfonamides is 1. The van der Waals surface area contributed by atoms with Crippen molar-refractivity contribution in [3.8, 4) is 0 Å². The zero-order valence-corrected chi connectivity index (χ0v) is 13.8. The summed E-state index contributed by atoms with van der Waals surface area (Å²) in [5, 5.41) is 1.29. The van der Waals surface area contributed by atoms with Crippen LogP contribution in [0.25, 0.3) is 10.9 Å². The summed E-state index contributed by atoms with van der Waals surface area (Å²) in [6, 6.07) is 11.5. The zero-order valence-electron chi connectivity index (χ0n) is 10.6. The highest BCUT2D eigenvalue weighted by Crippen LogP contribution is 2.29. The molecule has 1 heterocycles. The van der Waals surface area contributed by atoms with Gasteiger partial charge in [-0.15, -0.1) is 0 Å². The summed E-state index contributed by atoms with van der Waals surface area (Å²) < 4.78 is 28.2. The second-order valence-corrected chi connectivity index (χ2v) is 7.49. The highest BCUT2D eigenvalue weighted by atomic mass is 79.9. The Labute approximate surface area is 135 Å². The van der Waals surface area contributed by atoms with Crippen LogP contribution in [0.2, 0.25) is 5.02 Å². The fraction of sp³-hybridized carbons (Fsp3) is 0. The van der Waals surface area contributed by atoms with E-state index in [1.165, 1.54) is 12.1 Å². The number of hydrogen-bond acceptors (Lipinski definition) is 2. The number of rotatable bonds is 3. The van der Waals surface area contributed by atoms with E-state index in [0.29, 0.717) is 10.7 Å². The maximum atomic E-state index is 12.4. The Hall–Kier alpha value is -1.50. The molecule has 0 bridgehead atoms. The normalized spacial score (nSPS) is 11.7. The first-order chi connectivity index (χ1) is 9.95. The van der Waals surface area contributed by atoms with Crippen LogP contribution in [0.4, 0.5) is 5.69 Å². The molecule has 0 unspecified atom stereocenters. The van der Waals surface area contributed by atoms with Gasteiger partial charge >= 0.3 is 0 Å². The van der Waals surface area contributed by atoms with E-state index in [0.717, 1.165) is 15.4 Å². The van der Waals surface area contributed by atoms with Gasteiger partial charge in [-0.1, -0.05) is 27.5 Å². The number of hydrogen-bond donors (Lipinski definition) is 2. The van der Waals surface area contributed by atoms with Crippen molar-refractivity contribution in [1.29, 1.82) is 0 Å². The van der Waals surface area contributed by atoms with Crippen LogP contribution in [0.5, 0.6) is 0 Å². The van der Waals surface area contributed by atoms with Crippen molar-refractivity contribution in [3.05, 3.63) is 58.2 Å². The number of aromatic amines is 1. The van der Waals surface area contributed by atoms with Crippen LogP contribution in [0, 0.1) is 0 Å². The van der Waals surface area contributed by atoms with Crippen LogP contribution in [0.15, 0.2) is 58.0 Å². The van der Waals surface area contributed by atoms with E-state index in [4.69, 9.17) is 11.6 Å². The minimum Gasteiger partial charge on any atom is -0.361 e. The monoisotopic (exact) mass is 384 g/mol. The number of nitrogens with one attached hydrogen (secondary N) is 2. The molecule has 0 aliphatic rings. The average molecular weight is 386 g/mol. The zero-order chi connectivity index (χ0) is 15.0. The molecule has 0 fully saturated rings. The summed E-state index contributed by atoms with van der Waals surface area (Å²) in [5.41, 5.74) is 1.36. The highest BCUT2D eigenvalue weighted by molar-refractivity contribution is 9.10. The van der Waals surface area contributed by atoms with Gasteiger partial charge in [-0.05, 0) is 42.5 Å². The van der Waals surface area contributed by atoms with Crippen molar-refractivity contribution in [3.63, 3.8) is 0 Å². The van der Waals surface area contributed by atoms with E-state index in [-0.39, 0.29) is 4.90 Å². The molecule has 0 saturated carbocycles. The summed E-state index contributed by atoms with van der Waals surface area (Å²) in [4.78, 5) is 3.21. The topological polar surface area (TPSA) is 62.0 Å². The number of fused-ring (bicyclic) bond motifs is 1. The quantitative estimate of drug-likeness (QED) is 0.702. The summed E-state index contributed by atoms with van der Waals surface area (Å²) in [6.07, 6.45) is 1.76. The molecule has 2 N–H and O–H groups in total. The second kappa shape index (κ2) is 5.36. The first-order valence-corrected chi connectivity index (χ1v) is 8.66. The number of anilines is 1. The van der Waals surface area contributed by atoms with Crippen LogP contribution in [0.1, 0.15) is 0 Å². The first kappa shape index (κ1) is 14.4. The van der Waals surface area contributed by atoms with Crippen LogP contribution >= 0.6 is 27.5 Å². The number of halogens is 2. The van der Waals surface area contributed by atoms with Gasteiger partial charge in [0.15, 0.2) is 0 Å². The highest BCUT2D eigenvalue weighted by Gasteiger charge is 2.16. The minimum absolute atomic E-state index is 0.163. The van der Waals surface area contributed by atoms with Crippen molar-refractivity contribution in [2.75, 3.05) is 4.72 Å². The lowest BCUT2D eigenvalue weighted by Gasteiger charge is -2.10. The van der Waals surface area contributed by atoms with Crippen molar-refractivity contribution >= 4 is 54.1 Å². The Kier molecular flexibility index (Phi) is 3.69. The first-order valence-electron chi connectivity index (χ1n) is 6.01. The maximum absolute atomic E-state index is 12.4. The van der Waals surface area contributed by atoms with Crippen molar-refractivity contribution < 1.29 is 8.42 Å². The van der Waals surface area contributed by atoms with Crippen molar-refractivity contribution in [2.45, 2.75) is 4.90 Å². The smallest absolute Gasteiger partial charge is 0.261 e. The van der Waals surface area contributed by atoms with Gasteiger partial charge in [0.1, 0.15) is 0 Å². The largest absolute Gasteiger partial charge is 0.361 e. The van der Waals surface area contributed by atoms with Gasteiger partial charge in [-0.2, -0.15) is 0 Å². The molecule has 2 aromatic carbocycles. The molecule has 0 aliphatic carbocycles. The summed E-state index contributed by atoms with van der Waals surface area (Å²) in [5.74, 6) is 0. The molecule has 3 aromatic rings. The van der Waals surface area contributed by atoms with Crippen LogP contribution in [-0.2, 0) is 10.0 Å². The molecular weight excluding hydrogens is 376 g/mol. The predicted molar refractivity (Wildman–Crippen MR) is 88.3 cm³/mol. The fourth-order valence-electron chi connectivity index (χ4n) is 2.03. The summed E-state index contributed by atoms with van der Waals surface area (Å²) in [7, 11) is -3.66. The SMILES string of the molecule is O=S(=O)(Nc1cc(Br)cc2[nH]ccc12)c1ccc(Cl)cc1. The lowest BCUT2D eigenvalue weighted by Crippen LogP contribution is -2.13. The third-order valence-electron chi connectivity index (χ3n) is 3.00. The van der Waals surface area contributed by atoms with E-state index < -0.39 is 10.0 Å². The summed E-state index contributed by atoms with van der Waals surface area (Å²) in [6.45, 7) is 0. The Morgan fingerprint density at radius 2 is 1.81 bits per heavy atom. The van der Waals surface area contributed by atoms with Gasteiger partial charge in [0.2, 0.25) is 0 Å². The molecule has 0 spiro atoms. The lowest BCUT2D eigenvalue weighted by molar-refractivity contribution is 0.601. The second-order valence-electron chi connectivity index (χ2n) is 4.45. The van der Waals surface area contributed by atoms with Crippen LogP contribution in [0.3, 0.4) is 0 Å². The Balaban J connectivity index is 2.05. The number of aromatic nitrogens is 1. The average Bonchev–Trinajstić information content (AvgIpc) is 2.87. The maximum Gasteiger partial charge on any atom is 0.261 e. The molecular formula is C14H10BrClN2O2S. The van der Waals surface area contributed by atoms with Crippen LogP contribution < -0.4 is 4.72 Å². The molecule has 1 aromatic heterocycles.